The SMILES string of the molecule is C1CNCN1.Nc1ccccn1. The molecule has 0 unspecified atom stereocenters. The number of nitrogens with two attached hydrogens (primary N) is 1. The van der Waals surface area contributed by atoms with Crippen molar-refractivity contribution in [2.75, 3.05) is 25.5 Å². The van der Waals surface area contributed by atoms with Crippen LogP contribution in [0.25, 0.3) is 0 Å². The van der Waals surface area contributed by atoms with Gasteiger partial charge in [-0.05, 0) is 12.1 Å². The smallest absolute Gasteiger partial charge is 0.123 e. The van der Waals surface area contributed by atoms with E-state index in [1.54, 1.807) is 12.3 Å². The van der Waals surface area contributed by atoms with E-state index in [0.29, 0.717) is 5.82 Å². The topological polar surface area (TPSA) is 63.0 Å². The number of nitrogens with one attached hydrogen (secondary N) is 2. The summed E-state index contributed by atoms with van der Waals surface area (Å²) in [6.07, 6.45) is 1.66. The minimum atomic E-state index is 0.572. The predicted molar refractivity (Wildman–Crippen MR) is 49.5 cm³/mol. The average Bonchev–Trinajstić information content (AvgIpc) is 2.62. The van der Waals surface area contributed by atoms with Crippen LogP contribution < -0.4 is 16.4 Å². The molecule has 4 N–H and O–H groups in total. The molecule has 1 aromatic rings. The fourth-order valence-corrected chi connectivity index (χ4v) is 0.818. The highest BCUT2D eigenvalue weighted by Gasteiger charge is 1.90. The quantitative estimate of drug-likeness (QED) is 0.499. The van der Waals surface area contributed by atoms with E-state index in [0.717, 1.165) is 19.8 Å². The van der Waals surface area contributed by atoms with E-state index in [-0.39, 0.29) is 0 Å². The first-order valence-corrected chi connectivity index (χ1v) is 3.97. The number of nitrogen functional groups attached to an aromatic ring is 1. The van der Waals surface area contributed by atoms with Gasteiger partial charge < -0.3 is 16.4 Å². The minimum absolute atomic E-state index is 0.572. The molecule has 0 aromatic carbocycles. The van der Waals surface area contributed by atoms with Crippen molar-refractivity contribution in [1.82, 2.24) is 15.6 Å². The van der Waals surface area contributed by atoms with E-state index < -0.39 is 0 Å². The maximum Gasteiger partial charge on any atom is 0.123 e. The summed E-state index contributed by atoms with van der Waals surface area (Å²) in [7, 11) is 0. The normalized spacial score (nSPS) is 15.0. The Morgan fingerprint density at radius 3 is 2.25 bits per heavy atom. The number of nitrogens with zero attached hydrogens (tertiary/aromatic N) is 1. The summed E-state index contributed by atoms with van der Waals surface area (Å²) in [5.74, 6) is 0.572. The van der Waals surface area contributed by atoms with Gasteiger partial charge in [-0.25, -0.2) is 4.98 Å². The van der Waals surface area contributed by atoms with E-state index in [2.05, 4.69) is 15.6 Å². The molecule has 0 spiro atoms. The van der Waals surface area contributed by atoms with Crippen molar-refractivity contribution in [3.8, 4) is 0 Å². The van der Waals surface area contributed by atoms with Crippen molar-refractivity contribution in [1.29, 1.82) is 0 Å². The predicted octanol–water partition coefficient (Wildman–Crippen LogP) is -0.199. The van der Waals surface area contributed by atoms with Crippen LogP contribution in [-0.4, -0.2) is 24.7 Å². The molecule has 0 radical (unpaired) electrons. The zero-order valence-corrected chi connectivity index (χ0v) is 6.96. The van der Waals surface area contributed by atoms with Gasteiger partial charge in [0.25, 0.3) is 0 Å². The van der Waals surface area contributed by atoms with Gasteiger partial charge >= 0.3 is 0 Å². The lowest BCUT2D eigenvalue weighted by Gasteiger charge is -1.82. The first kappa shape index (κ1) is 8.96. The number of hydrogen-bond donors (Lipinski definition) is 3. The standard InChI is InChI=1S/C5H6N2.C3H8N2/c6-5-3-1-2-4-7-5;1-2-5-3-4-1/h1-4H,(H2,6,7);4-5H,1-3H2. The van der Waals surface area contributed by atoms with Crippen LogP contribution in [0.15, 0.2) is 24.4 Å². The van der Waals surface area contributed by atoms with Crippen molar-refractivity contribution in [3.63, 3.8) is 0 Å². The first-order chi connectivity index (χ1) is 5.89. The Kier molecular flexibility index (Phi) is 4.12. The Hall–Kier alpha value is -1.13. The summed E-state index contributed by atoms with van der Waals surface area (Å²) in [6.45, 7) is 3.28. The molecule has 2 heterocycles. The minimum Gasteiger partial charge on any atom is -0.384 e. The number of aromatic nitrogens is 1. The zero-order valence-electron chi connectivity index (χ0n) is 6.96. The highest BCUT2D eigenvalue weighted by molar-refractivity contribution is 5.25. The van der Waals surface area contributed by atoms with Crippen molar-refractivity contribution >= 4 is 5.82 Å². The van der Waals surface area contributed by atoms with Gasteiger partial charge in [0.05, 0.1) is 0 Å². The maximum absolute atomic E-state index is 5.25. The summed E-state index contributed by atoms with van der Waals surface area (Å²) < 4.78 is 0. The van der Waals surface area contributed by atoms with E-state index >= 15 is 0 Å². The van der Waals surface area contributed by atoms with E-state index in [1.807, 2.05) is 12.1 Å². The van der Waals surface area contributed by atoms with E-state index in [4.69, 9.17) is 5.73 Å². The van der Waals surface area contributed by atoms with Gasteiger partial charge in [-0.3, -0.25) is 0 Å². The van der Waals surface area contributed by atoms with Crippen LogP contribution in [-0.2, 0) is 0 Å². The van der Waals surface area contributed by atoms with Gasteiger partial charge in [0.2, 0.25) is 0 Å². The third kappa shape index (κ3) is 3.90. The van der Waals surface area contributed by atoms with Crippen molar-refractivity contribution in [3.05, 3.63) is 24.4 Å². The van der Waals surface area contributed by atoms with Gasteiger partial charge in [0, 0.05) is 26.0 Å². The molecular formula is C8H14N4. The van der Waals surface area contributed by atoms with Crippen LogP contribution in [0.4, 0.5) is 5.82 Å². The maximum atomic E-state index is 5.25. The molecule has 2 rings (SSSR count). The second-order valence-electron chi connectivity index (χ2n) is 2.43. The number of pyridine rings is 1. The molecule has 0 saturated carbocycles. The van der Waals surface area contributed by atoms with Gasteiger partial charge in [0.1, 0.15) is 5.82 Å². The molecule has 1 aliphatic rings. The van der Waals surface area contributed by atoms with Crippen LogP contribution in [0.3, 0.4) is 0 Å². The molecule has 1 aromatic heterocycles. The summed E-state index contributed by atoms with van der Waals surface area (Å²) >= 11 is 0. The Balaban J connectivity index is 0.000000127. The molecule has 1 aliphatic heterocycles. The molecule has 12 heavy (non-hydrogen) atoms. The third-order valence-electron chi connectivity index (χ3n) is 1.42. The largest absolute Gasteiger partial charge is 0.384 e. The monoisotopic (exact) mass is 166 g/mol. The van der Waals surface area contributed by atoms with Crippen LogP contribution >= 0.6 is 0 Å². The molecule has 0 atom stereocenters. The highest BCUT2D eigenvalue weighted by Crippen LogP contribution is 1.89. The van der Waals surface area contributed by atoms with Crippen LogP contribution in [0.5, 0.6) is 0 Å². The van der Waals surface area contributed by atoms with Gasteiger partial charge in [-0.1, -0.05) is 6.07 Å². The molecule has 4 heteroatoms. The van der Waals surface area contributed by atoms with E-state index in [1.165, 1.54) is 0 Å². The fourth-order valence-electron chi connectivity index (χ4n) is 0.818. The molecule has 0 bridgehead atoms. The second-order valence-corrected chi connectivity index (χ2v) is 2.43. The molecule has 0 aliphatic carbocycles. The van der Waals surface area contributed by atoms with Crippen LogP contribution in [0.1, 0.15) is 0 Å². The molecule has 66 valence electrons. The Morgan fingerprint density at radius 1 is 1.25 bits per heavy atom. The Morgan fingerprint density at radius 2 is 2.00 bits per heavy atom. The molecule has 1 saturated heterocycles. The Labute approximate surface area is 72.2 Å². The third-order valence-corrected chi connectivity index (χ3v) is 1.42. The second kappa shape index (κ2) is 5.51. The van der Waals surface area contributed by atoms with Crippen molar-refractivity contribution < 1.29 is 0 Å². The lowest BCUT2D eigenvalue weighted by molar-refractivity contribution is 0.807. The number of anilines is 1. The first-order valence-electron chi connectivity index (χ1n) is 3.97. The van der Waals surface area contributed by atoms with Crippen molar-refractivity contribution in [2.24, 2.45) is 0 Å². The lowest BCUT2D eigenvalue weighted by Crippen LogP contribution is -2.11. The average molecular weight is 166 g/mol. The summed E-state index contributed by atoms with van der Waals surface area (Å²) in [5.41, 5.74) is 5.25. The summed E-state index contributed by atoms with van der Waals surface area (Å²) in [5, 5.41) is 6.22. The summed E-state index contributed by atoms with van der Waals surface area (Å²) in [6, 6.07) is 5.43. The number of rotatable bonds is 0. The Bertz CT molecular complexity index is 188. The van der Waals surface area contributed by atoms with Gasteiger partial charge in [-0.2, -0.15) is 0 Å². The summed E-state index contributed by atoms with van der Waals surface area (Å²) in [4.78, 5) is 3.76. The van der Waals surface area contributed by atoms with Gasteiger partial charge in [-0.15, -0.1) is 0 Å². The molecule has 0 amide bonds. The molecule has 4 nitrogen and oxygen atoms in total. The number of hydrogen-bond acceptors (Lipinski definition) is 4. The van der Waals surface area contributed by atoms with Crippen molar-refractivity contribution in [2.45, 2.75) is 0 Å². The zero-order chi connectivity index (χ0) is 8.65. The van der Waals surface area contributed by atoms with Crippen LogP contribution in [0.2, 0.25) is 0 Å². The van der Waals surface area contributed by atoms with E-state index in [9.17, 15) is 0 Å². The highest BCUT2D eigenvalue weighted by atomic mass is 15.1. The lowest BCUT2D eigenvalue weighted by atomic mass is 10.5. The molecular weight excluding hydrogens is 152 g/mol. The molecule has 1 fully saturated rings. The van der Waals surface area contributed by atoms with Gasteiger partial charge in [0.15, 0.2) is 0 Å². The fraction of sp³-hybridized carbons (Fsp3) is 0.375. The van der Waals surface area contributed by atoms with Crippen LogP contribution in [0, 0.1) is 0 Å².